The van der Waals surface area contributed by atoms with Crippen LogP contribution >= 0.6 is 0 Å². The van der Waals surface area contributed by atoms with Gasteiger partial charge in [-0.3, -0.25) is 0 Å². The van der Waals surface area contributed by atoms with Crippen LogP contribution in [-0.2, 0) is 6.54 Å². The summed E-state index contributed by atoms with van der Waals surface area (Å²) < 4.78 is 5.61. The highest BCUT2D eigenvalue weighted by atomic mass is 79.9. The van der Waals surface area contributed by atoms with Crippen LogP contribution in [0.5, 0.6) is 5.75 Å². The second kappa shape index (κ2) is 8.72. The molecule has 0 saturated heterocycles. The van der Waals surface area contributed by atoms with Crippen LogP contribution in [0.2, 0.25) is 0 Å². The van der Waals surface area contributed by atoms with Crippen LogP contribution < -0.4 is 27.0 Å². The van der Waals surface area contributed by atoms with Crippen molar-refractivity contribution in [3.8, 4) is 5.75 Å². The molecular weight excluding hydrogens is 290 g/mol. The fraction of sp³-hybridized carbons (Fsp3) is 0.200. The number of hydrogen-bond acceptors (Lipinski definition) is 1. The molecule has 2 nitrogen and oxygen atoms in total. The molecule has 0 aromatic heterocycles. The molecule has 0 amide bonds. The van der Waals surface area contributed by atoms with Gasteiger partial charge in [-0.05, 0) is 12.1 Å². The first kappa shape index (κ1) is 14.7. The van der Waals surface area contributed by atoms with Crippen LogP contribution in [0.4, 0.5) is 0 Å². The van der Waals surface area contributed by atoms with E-state index in [1.165, 1.54) is 5.56 Å². The first-order valence-electron chi connectivity index (χ1n) is 5.98. The van der Waals surface area contributed by atoms with Gasteiger partial charge in [-0.15, -0.1) is 0 Å². The molecule has 0 saturated carbocycles. The van der Waals surface area contributed by atoms with Crippen LogP contribution in [0.3, 0.4) is 0 Å². The molecule has 0 atom stereocenters. The molecule has 0 fully saturated rings. The molecule has 0 aliphatic rings. The minimum atomic E-state index is 0. The van der Waals surface area contributed by atoms with Crippen molar-refractivity contribution in [2.24, 2.45) is 0 Å². The zero-order valence-electron chi connectivity index (χ0n) is 10.3. The molecule has 0 aliphatic carbocycles. The molecule has 0 unspecified atom stereocenters. The quantitative estimate of drug-likeness (QED) is 0.669. The van der Waals surface area contributed by atoms with E-state index in [2.05, 4.69) is 29.6 Å². The minimum Gasteiger partial charge on any atom is -1.00 e. The van der Waals surface area contributed by atoms with Gasteiger partial charge in [0.15, 0.2) is 0 Å². The van der Waals surface area contributed by atoms with Gasteiger partial charge in [-0.2, -0.15) is 0 Å². The van der Waals surface area contributed by atoms with E-state index in [0.717, 1.165) is 25.4 Å². The van der Waals surface area contributed by atoms with Gasteiger partial charge >= 0.3 is 0 Å². The van der Waals surface area contributed by atoms with E-state index in [9.17, 15) is 0 Å². The van der Waals surface area contributed by atoms with E-state index in [1.807, 2.05) is 36.4 Å². The van der Waals surface area contributed by atoms with Gasteiger partial charge in [0.05, 0.1) is 0 Å². The van der Waals surface area contributed by atoms with Crippen LogP contribution in [0.25, 0.3) is 0 Å². The molecule has 0 spiro atoms. The maximum absolute atomic E-state index is 5.61. The fourth-order valence-electron chi connectivity index (χ4n) is 1.66. The van der Waals surface area contributed by atoms with E-state index in [0.29, 0.717) is 0 Å². The first-order valence-corrected chi connectivity index (χ1v) is 5.98. The van der Waals surface area contributed by atoms with Gasteiger partial charge in [0.25, 0.3) is 0 Å². The van der Waals surface area contributed by atoms with E-state index in [4.69, 9.17) is 4.74 Å². The highest BCUT2D eigenvalue weighted by Crippen LogP contribution is 2.06. The summed E-state index contributed by atoms with van der Waals surface area (Å²) in [7, 11) is 0. The van der Waals surface area contributed by atoms with Gasteiger partial charge < -0.3 is 27.0 Å². The fourth-order valence-corrected chi connectivity index (χ4v) is 1.66. The number of hydrogen-bond donors (Lipinski definition) is 1. The third kappa shape index (κ3) is 5.34. The molecular formula is C15H18BrNO. The maximum atomic E-state index is 5.61. The topological polar surface area (TPSA) is 25.8 Å². The molecule has 2 aromatic carbocycles. The van der Waals surface area contributed by atoms with Gasteiger partial charge in [-0.25, -0.2) is 0 Å². The molecule has 96 valence electrons. The van der Waals surface area contributed by atoms with Gasteiger partial charge in [0.1, 0.15) is 25.4 Å². The summed E-state index contributed by atoms with van der Waals surface area (Å²) in [5.41, 5.74) is 1.35. The molecule has 0 radical (unpaired) electrons. The van der Waals surface area contributed by atoms with E-state index >= 15 is 0 Å². The number of para-hydroxylation sites is 1. The van der Waals surface area contributed by atoms with Crippen molar-refractivity contribution >= 4 is 0 Å². The number of quaternary nitrogens is 1. The highest BCUT2D eigenvalue weighted by molar-refractivity contribution is 5.20. The Morgan fingerprint density at radius 2 is 1.44 bits per heavy atom. The second-order valence-electron chi connectivity index (χ2n) is 3.93. The zero-order chi connectivity index (χ0) is 11.8. The normalized spacial score (nSPS) is 9.56. The van der Waals surface area contributed by atoms with Crippen molar-refractivity contribution in [1.29, 1.82) is 0 Å². The summed E-state index contributed by atoms with van der Waals surface area (Å²) in [6.07, 6.45) is 0. The molecule has 2 N–H and O–H groups in total. The predicted octanol–water partition coefficient (Wildman–Crippen LogP) is -1.17. The van der Waals surface area contributed by atoms with Crippen LogP contribution in [-0.4, -0.2) is 13.2 Å². The van der Waals surface area contributed by atoms with Crippen molar-refractivity contribution in [2.75, 3.05) is 13.2 Å². The van der Waals surface area contributed by atoms with Crippen molar-refractivity contribution < 1.29 is 27.0 Å². The van der Waals surface area contributed by atoms with Crippen molar-refractivity contribution in [3.63, 3.8) is 0 Å². The summed E-state index contributed by atoms with van der Waals surface area (Å²) in [5, 5.41) is 2.26. The Kier molecular flexibility index (Phi) is 7.14. The Bertz CT molecular complexity index is 378. The average Bonchev–Trinajstić information content (AvgIpc) is 2.41. The summed E-state index contributed by atoms with van der Waals surface area (Å²) in [5.74, 6) is 0.945. The smallest absolute Gasteiger partial charge is 0.137 e. The lowest BCUT2D eigenvalue weighted by Crippen LogP contribution is -3.00. The van der Waals surface area contributed by atoms with Crippen LogP contribution in [0.15, 0.2) is 60.7 Å². The van der Waals surface area contributed by atoms with Crippen molar-refractivity contribution in [1.82, 2.24) is 0 Å². The Hall–Kier alpha value is -1.32. The maximum Gasteiger partial charge on any atom is 0.137 e. The van der Waals surface area contributed by atoms with Gasteiger partial charge in [0, 0.05) is 5.56 Å². The Morgan fingerprint density at radius 3 is 2.11 bits per heavy atom. The lowest BCUT2D eigenvalue weighted by molar-refractivity contribution is -0.671. The standard InChI is InChI=1S/C15H17NO.BrH/c1-3-7-14(8-4-1)13-16-11-12-17-15-9-5-2-6-10-15;/h1-10,16H,11-13H2;1H. The van der Waals surface area contributed by atoms with E-state index < -0.39 is 0 Å². The molecule has 18 heavy (non-hydrogen) atoms. The summed E-state index contributed by atoms with van der Waals surface area (Å²) in [6, 6.07) is 20.4. The second-order valence-corrected chi connectivity index (χ2v) is 3.93. The lowest BCUT2D eigenvalue weighted by atomic mass is 10.2. The third-order valence-corrected chi connectivity index (χ3v) is 2.56. The summed E-state index contributed by atoms with van der Waals surface area (Å²) in [6.45, 7) is 2.74. The Balaban J connectivity index is 0.00000162. The number of benzene rings is 2. The lowest BCUT2D eigenvalue weighted by Gasteiger charge is -2.05. The van der Waals surface area contributed by atoms with Crippen molar-refractivity contribution in [3.05, 3.63) is 66.2 Å². The summed E-state index contributed by atoms with van der Waals surface area (Å²) >= 11 is 0. The van der Waals surface area contributed by atoms with Crippen LogP contribution in [0.1, 0.15) is 5.56 Å². The number of halogens is 1. The Morgan fingerprint density at radius 1 is 0.833 bits per heavy atom. The summed E-state index contributed by atoms with van der Waals surface area (Å²) in [4.78, 5) is 0. The molecule has 2 rings (SSSR count). The Labute approximate surface area is 119 Å². The van der Waals surface area contributed by atoms with E-state index in [-0.39, 0.29) is 17.0 Å². The molecule has 3 heteroatoms. The van der Waals surface area contributed by atoms with Crippen LogP contribution in [0, 0.1) is 0 Å². The molecule has 0 heterocycles. The molecule has 2 aromatic rings. The zero-order valence-corrected chi connectivity index (χ0v) is 11.8. The highest BCUT2D eigenvalue weighted by Gasteiger charge is 1.95. The van der Waals surface area contributed by atoms with E-state index in [1.54, 1.807) is 0 Å². The van der Waals surface area contributed by atoms with Crippen molar-refractivity contribution in [2.45, 2.75) is 6.54 Å². The first-order chi connectivity index (χ1) is 8.45. The SMILES string of the molecule is [Br-].c1ccc(C[NH2+]CCOc2ccccc2)cc1. The minimum absolute atomic E-state index is 0. The average molecular weight is 308 g/mol. The molecule has 0 bridgehead atoms. The largest absolute Gasteiger partial charge is 1.00 e. The number of rotatable bonds is 6. The van der Waals surface area contributed by atoms with Gasteiger partial charge in [0.2, 0.25) is 0 Å². The monoisotopic (exact) mass is 307 g/mol. The molecule has 0 aliphatic heterocycles. The predicted molar refractivity (Wildman–Crippen MR) is 68.9 cm³/mol. The number of ether oxygens (including phenoxy) is 1. The van der Waals surface area contributed by atoms with Gasteiger partial charge in [-0.1, -0.05) is 48.5 Å². The number of nitrogens with two attached hydrogens (primary N) is 1. The third-order valence-electron chi connectivity index (χ3n) is 2.56.